The fourth-order valence-electron chi connectivity index (χ4n) is 5.29. The van der Waals surface area contributed by atoms with E-state index in [0.29, 0.717) is 23.1 Å². The summed E-state index contributed by atoms with van der Waals surface area (Å²) in [5.41, 5.74) is 2.50. The normalized spacial score (nSPS) is 23.0. The third-order valence-electron chi connectivity index (χ3n) is 6.69. The van der Waals surface area contributed by atoms with Crippen molar-refractivity contribution in [2.45, 2.75) is 43.7 Å². The van der Waals surface area contributed by atoms with Gasteiger partial charge in [0.2, 0.25) is 0 Å². The Morgan fingerprint density at radius 3 is 2.27 bits per heavy atom. The molecule has 5 rings (SSSR count). The van der Waals surface area contributed by atoms with Gasteiger partial charge in [-0.25, -0.2) is 4.39 Å². The molecular formula is C24H25FN2O3. The van der Waals surface area contributed by atoms with E-state index in [9.17, 15) is 9.18 Å². The van der Waals surface area contributed by atoms with Crippen LogP contribution in [0.15, 0.2) is 42.5 Å². The highest BCUT2D eigenvalue weighted by Gasteiger charge is 2.44. The number of H-pyrrole nitrogens is 1. The van der Waals surface area contributed by atoms with Crippen LogP contribution in [-0.2, 0) is 0 Å². The van der Waals surface area contributed by atoms with Crippen molar-refractivity contribution in [3.05, 3.63) is 59.5 Å². The summed E-state index contributed by atoms with van der Waals surface area (Å²) < 4.78 is 24.2. The lowest BCUT2D eigenvalue weighted by molar-refractivity contribution is 0.0566. The average molecular weight is 408 g/mol. The molecule has 0 aliphatic carbocycles. The van der Waals surface area contributed by atoms with Gasteiger partial charge in [0.1, 0.15) is 23.0 Å². The number of halogens is 1. The number of carbonyl (C=O) groups is 1. The Balaban J connectivity index is 1.43. The topological polar surface area (TPSA) is 54.6 Å². The van der Waals surface area contributed by atoms with E-state index >= 15 is 0 Å². The van der Waals surface area contributed by atoms with Gasteiger partial charge >= 0.3 is 0 Å². The molecule has 30 heavy (non-hydrogen) atoms. The lowest BCUT2D eigenvalue weighted by Gasteiger charge is -2.39. The molecule has 2 fully saturated rings. The van der Waals surface area contributed by atoms with Gasteiger partial charge in [-0.2, -0.15) is 0 Å². The number of amides is 1. The fourth-order valence-corrected chi connectivity index (χ4v) is 5.29. The molecule has 6 heteroatoms. The number of rotatable bonds is 4. The molecule has 2 aromatic carbocycles. The van der Waals surface area contributed by atoms with E-state index in [1.807, 2.05) is 30.3 Å². The second kappa shape index (κ2) is 7.35. The highest BCUT2D eigenvalue weighted by molar-refractivity contribution is 6.01. The minimum absolute atomic E-state index is 0.0281. The maximum absolute atomic E-state index is 13.5. The van der Waals surface area contributed by atoms with Crippen molar-refractivity contribution in [2.75, 3.05) is 14.2 Å². The van der Waals surface area contributed by atoms with E-state index in [2.05, 4.69) is 9.88 Å². The number of nitrogens with one attached hydrogen (secondary N) is 1. The van der Waals surface area contributed by atoms with Crippen LogP contribution in [0, 0.1) is 5.82 Å². The van der Waals surface area contributed by atoms with Gasteiger partial charge in [0.05, 0.1) is 19.7 Å². The smallest absolute Gasteiger partial charge is 0.270 e. The highest BCUT2D eigenvalue weighted by atomic mass is 19.1. The van der Waals surface area contributed by atoms with Gasteiger partial charge in [-0.3, -0.25) is 4.79 Å². The van der Waals surface area contributed by atoms with Gasteiger partial charge in [0, 0.05) is 17.5 Å². The molecule has 0 radical (unpaired) electrons. The monoisotopic (exact) mass is 408 g/mol. The number of benzene rings is 2. The number of nitrogens with zero attached hydrogens (tertiary/aromatic N) is 1. The number of aromatic amines is 1. The highest BCUT2D eigenvalue weighted by Crippen LogP contribution is 2.44. The van der Waals surface area contributed by atoms with Crippen LogP contribution in [-0.4, -0.2) is 42.1 Å². The van der Waals surface area contributed by atoms with E-state index in [4.69, 9.17) is 9.47 Å². The first-order valence-corrected chi connectivity index (χ1v) is 10.4. The number of hydrogen-bond acceptors (Lipinski definition) is 3. The summed E-state index contributed by atoms with van der Waals surface area (Å²) in [7, 11) is 3.24. The van der Waals surface area contributed by atoms with Crippen LogP contribution in [0.3, 0.4) is 0 Å². The SMILES string of the molecule is COc1ccc(OC)c2[nH]c(C(=O)N3[C@@H]4CC[C@@H]3CC(c3ccc(F)cc3)C4)cc12. The van der Waals surface area contributed by atoms with Crippen molar-refractivity contribution in [2.24, 2.45) is 0 Å². The fraction of sp³-hybridized carbons (Fsp3) is 0.375. The Morgan fingerprint density at radius 2 is 1.63 bits per heavy atom. The molecule has 2 bridgehead atoms. The summed E-state index contributed by atoms with van der Waals surface area (Å²) in [4.78, 5) is 18.8. The van der Waals surface area contributed by atoms with Crippen LogP contribution < -0.4 is 9.47 Å². The van der Waals surface area contributed by atoms with Gasteiger partial charge in [-0.15, -0.1) is 0 Å². The molecule has 0 spiro atoms. The first kappa shape index (κ1) is 19.0. The van der Waals surface area contributed by atoms with Crippen molar-refractivity contribution in [1.29, 1.82) is 0 Å². The molecule has 1 amide bonds. The lowest BCUT2D eigenvalue weighted by Crippen LogP contribution is -2.46. The van der Waals surface area contributed by atoms with Crippen LogP contribution in [0.5, 0.6) is 11.5 Å². The predicted octanol–water partition coefficient (Wildman–Crippen LogP) is 4.88. The van der Waals surface area contributed by atoms with Crippen LogP contribution in [0.25, 0.3) is 10.9 Å². The zero-order chi connectivity index (χ0) is 20.8. The number of aromatic nitrogens is 1. The van der Waals surface area contributed by atoms with Crippen molar-refractivity contribution in [3.63, 3.8) is 0 Å². The zero-order valence-corrected chi connectivity index (χ0v) is 17.2. The van der Waals surface area contributed by atoms with Crippen molar-refractivity contribution in [1.82, 2.24) is 9.88 Å². The maximum Gasteiger partial charge on any atom is 0.270 e. The molecule has 5 nitrogen and oxygen atoms in total. The number of hydrogen-bond donors (Lipinski definition) is 1. The van der Waals surface area contributed by atoms with Gasteiger partial charge in [-0.05, 0) is 67.5 Å². The van der Waals surface area contributed by atoms with Gasteiger partial charge in [-0.1, -0.05) is 12.1 Å². The van der Waals surface area contributed by atoms with E-state index in [-0.39, 0.29) is 23.8 Å². The molecule has 2 aliphatic heterocycles. The Labute approximate surface area is 174 Å². The van der Waals surface area contributed by atoms with Crippen LogP contribution >= 0.6 is 0 Å². The minimum atomic E-state index is -0.209. The summed E-state index contributed by atoms with van der Waals surface area (Å²) in [5, 5.41) is 0.841. The second-order valence-corrected chi connectivity index (χ2v) is 8.26. The Kier molecular flexibility index (Phi) is 4.65. The second-order valence-electron chi connectivity index (χ2n) is 8.26. The molecule has 3 aromatic rings. The third-order valence-corrected chi connectivity index (χ3v) is 6.69. The van der Waals surface area contributed by atoms with Crippen LogP contribution in [0.1, 0.15) is 47.7 Å². The molecule has 0 unspecified atom stereocenters. The summed E-state index contributed by atoms with van der Waals surface area (Å²) in [6.07, 6.45) is 3.86. The predicted molar refractivity (Wildman–Crippen MR) is 113 cm³/mol. The lowest BCUT2D eigenvalue weighted by atomic mass is 9.85. The van der Waals surface area contributed by atoms with Crippen LogP contribution in [0.2, 0.25) is 0 Å². The zero-order valence-electron chi connectivity index (χ0n) is 17.2. The first-order valence-electron chi connectivity index (χ1n) is 10.4. The summed E-state index contributed by atoms with van der Waals surface area (Å²) in [6, 6.07) is 12.8. The largest absolute Gasteiger partial charge is 0.496 e. The molecule has 1 aromatic heterocycles. The van der Waals surface area contributed by atoms with E-state index in [1.54, 1.807) is 14.2 Å². The average Bonchev–Trinajstić information content (AvgIpc) is 3.32. The summed E-state index contributed by atoms with van der Waals surface area (Å²) in [5.74, 6) is 1.58. The van der Waals surface area contributed by atoms with Gasteiger partial charge in [0.15, 0.2) is 0 Å². The Hall–Kier alpha value is -3.02. The molecule has 0 saturated carbocycles. The number of ether oxygens (including phenoxy) is 2. The molecule has 2 aliphatic rings. The molecule has 2 atom stereocenters. The molecular weight excluding hydrogens is 383 g/mol. The quantitative estimate of drug-likeness (QED) is 0.670. The number of methoxy groups -OCH3 is 2. The number of fused-ring (bicyclic) bond motifs is 3. The Bertz CT molecular complexity index is 1040. The molecule has 156 valence electrons. The summed E-state index contributed by atoms with van der Waals surface area (Å²) >= 11 is 0. The van der Waals surface area contributed by atoms with Crippen LogP contribution in [0.4, 0.5) is 4.39 Å². The molecule has 3 heterocycles. The maximum atomic E-state index is 13.5. The first-order chi connectivity index (χ1) is 14.6. The number of piperidine rings is 1. The summed E-state index contributed by atoms with van der Waals surface area (Å²) in [6.45, 7) is 0. The van der Waals surface area contributed by atoms with E-state index in [0.717, 1.165) is 36.6 Å². The van der Waals surface area contributed by atoms with E-state index < -0.39 is 0 Å². The Morgan fingerprint density at radius 1 is 1.00 bits per heavy atom. The molecule has 1 N–H and O–H groups in total. The third kappa shape index (κ3) is 3.02. The minimum Gasteiger partial charge on any atom is -0.496 e. The van der Waals surface area contributed by atoms with Crippen molar-refractivity contribution >= 4 is 16.8 Å². The van der Waals surface area contributed by atoms with Crippen molar-refractivity contribution in [3.8, 4) is 11.5 Å². The van der Waals surface area contributed by atoms with Gasteiger partial charge in [0.25, 0.3) is 5.91 Å². The molecule has 2 saturated heterocycles. The van der Waals surface area contributed by atoms with Gasteiger partial charge < -0.3 is 19.4 Å². The standard InChI is InChI=1S/C24H25FN2O3/c1-29-21-9-10-22(30-2)23-19(21)13-20(26-23)24(28)27-17-7-8-18(27)12-15(11-17)14-3-5-16(25)6-4-14/h3-6,9-10,13,15,17-18,26H,7-8,11-12H2,1-2H3/t17-,18-/m1/s1. The number of carbonyl (C=O) groups excluding carboxylic acids is 1. The van der Waals surface area contributed by atoms with Crippen molar-refractivity contribution < 1.29 is 18.7 Å². The van der Waals surface area contributed by atoms with E-state index in [1.165, 1.54) is 17.7 Å².